The average Bonchev–Trinajstić information content (AvgIpc) is 2.54. The minimum absolute atomic E-state index is 0.268. The standard InChI is InChI=1S/C15H15NO5/c1-20-14(18)13(15(19)21-2)11(9-16)8-12(17)10-6-4-3-5-7-10/h3-7,11,13H,8H2,1-2H3. The molecule has 1 atom stereocenters. The lowest BCUT2D eigenvalue weighted by Gasteiger charge is -2.16. The van der Waals surface area contributed by atoms with Gasteiger partial charge in [-0.3, -0.25) is 14.4 Å². The van der Waals surface area contributed by atoms with Crippen LogP contribution in [0.25, 0.3) is 0 Å². The van der Waals surface area contributed by atoms with Crippen molar-refractivity contribution in [2.75, 3.05) is 14.2 Å². The first-order valence-corrected chi connectivity index (χ1v) is 6.18. The molecule has 1 aromatic carbocycles. The number of carbonyl (C=O) groups is 3. The Hall–Kier alpha value is -2.68. The topological polar surface area (TPSA) is 93.5 Å². The van der Waals surface area contributed by atoms with Crippen LogP contribution in [0.1, 0.15) is 16.8 Å². The summed E-state index contributed by atoms with van der Waals surface area (Å²) < 4.78 is 9.01. The predicted octanol–water partition coefficient (Wildman–Crippen LogP) is 1.36. The molecule has 0 amide bonds. The summed E-state index contributed by atoms with van der Waals surface area (Å²) in [6.07, 6.45) is -0.268. The van der Waals surface area contributed by atoms with Gasteiger partial charge in [-0.2, -0.15) is 5.26 Å². The Morgan fingerprint density at radius 1 is 1.10 bits per heavy atom. The van der Waals surface area contributed by atoms with E-state index < -0.39 is 23.8 Å². The lowest BCUT2D eigenvalue weighted by molar-refractivity contribution is -0.160. The Morgan fingerprint density at radius 2 is 1.62 bits per heavy atom. The van der Waals surface area contributed by atoms with Gasteiger partial charge in [0.05, 0.1) is 26.2 Å². The van der Waals surface area contributed by atoms with Crippen molar-refractivity contribution in [3.05, 3.63) is 35.9 Å². The van der Waals surface area contributed by atoms with E-state index in [-0.39, 0.29) is 12.2 Å². The fraction of sp³-hybridized carbons (Fsp3) is 0.333. The van der Waals surface area contributed by atoms with Gasteiger partial charge in [0.15, 0.2) is 11.7 Å². The van der Waals surface area contributed by atoms with Crippen LogP contribution in [0.5, 0.6) is 0 Å². The van der Waals surface area contributed by atoms with Crippen molar-refractivity contribution in [2.45, 2.75) is 6.42 Å². The van der Waals surface area contributed by atoms with Crippen LogP contribution >= 0.6 is 0 Å². The highest BCUT2D eigenvalue weighted by molar-refractivity contribution is 5.99. The summed E-state index contributed by atoms with van der Waals surface area (Å²) >= 11 is 0. The molecule has 0 aliphatic heterocycles. The molecule has 0 saturated heterocycles. The highest BCUT2D eigenvalue weighted by atomic mass is 16.5. The Labute approximate surface area is 122 Å². The SMILES string of the molecule is COC(=O)C(C(=O)OC)C(C#N)CC(=O)c1ccccc1. The molecule has 0 saturated carbocycles. The van der Waals surface area contributed by atoms with Gasteiger partial charge >= 0.3 is 11.9 Å². The zero-order valence-corrected chi connectivity index (χ0v) is 11.7. The largest absolute Gasteiger partial charge is 0.468 e. The number of methoxy groups -OCH3 is 2. The first-order valence-electron chi connectivity index (χ1n) is 6.18. The van der Waals surface area contributed by atoms with E-state index in [0.717, 1.165) is 14.2 Å². The summed E-state index contributed by atoms with van der Waals surface area (Å²) in [5.41, 5.74) is 0.409. The van der Waals surface area contributed by atoms with Gasteiger partial charge in [0.1, 0.15) is 0 Å². The maximum atomic E-state index is 12.1. The number of Topliss-reactive ketones (excluding diaryl/α,β-unsaturated/α-hetero) is 1. The van der Waals surface area contributed by atoms with Gasteiger partial charge in [0.25, 0.3) is 0 Å². The molecule has 21 heavy (non-hydrogen) atoms. The Bertz CT molecular complexity index is 545. The van der Waals surface area contributed by atoms with E-state index in [9.17, 15) is 14.4 Å². The third kappa shape index (κ3) is 4.14. The monoisotopic (exact) mass is 289 g/mol. The van der Waals surface area contributed by atoms with Crippen molar-refractivity contribution >= 4 is 17.7 Å². The summed E-state index contributed by atoms with van der Waals surface area (Å²) in [5.74, 6) is -4.70. The smallest absolute Gasteiger partial charge is 0.321 e. The first-order chi connectivity index (χ1) is 10.0. The molecular weight excluding hydrogens is 274 g/mol. The van der Waals surface area contributed by atoms with Crippen LogP contribution in [0.15, 0.2) is 30.3 Å². The highest BCUT2D eigenvalue weighted by Crippen LogP contribution is 2.21. The van der Waals surface area contributed by atoms with Gasteiger partial charge in [0, 0.05) is 12.0 Å². The van der Waals surface area contributed by atoms with Crippen molar-refractivity contribution in [2.24, 2.45) is 11.8 Å². The van der Waals surface area contributed by atoms with Crippen molar-refractivity contribution in [1.82, 2.24) is 0 Å². The molecule has 0 aliphatic rings. The average molecular weight is 289 g/mol. The van der Waals surface area contributed by atoms with Crippen LogP contribution in [-0.4, -0.2) is 31.9 Å². The van der Waals surface area contributed by atoms with Gasteiger partial charge in [-0.05, 0) is 0 Å². The molecule has 0 heterocycles. The van der Waals surface area contributed by atoms with Crippen LogP contribution in [0.4, 0.5) is 0 Å². The number of nitriles is 1. The van der Waals surface area contributed by atoms with Crippen LogP contribution in [0.3, 0.4) is 0 Å². The van der Waals surface area contributed by atoms with Crippen LogP contribution in [0, 0.1) is 23.2 Å². The van der Waals surface area contributed by atoms with Gasteiger partial charge in [-0.1, -0.05) is 30.3 Å². The predicted molar refractivity (Wildman–Crippen MR) is 72.0 cm³/mol. The quantitative estimate of drug-likeness (QED) is 0.446. The first kappa shape index (κ1) is 16.4. The zero-order valence-electron chi connectivity index (χ0n) is 11.7. The van der Waals surface area contributed by atoms with E-state index in [1.165, 1.54) is 0 Å². The Morgan fingerprint density at radius 3 is 2.05 bits per heavy atom. The normalized spacial score (nSPS) is 11.3. The van der Waals surface area contributed by atoms with Crippen LogP contribution < -0.4 is 0 Å². The number of nitrogens with zero attached hydrogens (tertiary/aromatic N) is 1. The van der Waals surface area contributed by atoms with Crippen molar-refractivity contribution in [3.8, 4) is 6.07 Å². The molecule has 0 aliphatic carbocycles. The van der Waals surface area contributed by atoms with E-state index in [4.69, 9.17) is 5.26 Å². The minimum atomic E-state index is -1.43. The molecule has 1 aromatic rings. The summed E-state index contributed by atoms with van der Waals surface area (Å²) in [4.78, 5) is 35.4. The fourth-order valence-electron chi connectivity index (χ4n) is 1.86. The number of ether oxygens (including phenoxy) is 2. The van der Waals surface area contributed by atoms with Gasteiger partial charge in [-0.15, -0.1) is 0 Å². The second-order valence-corrected chi connectivity index (χ2v) is 4.25. The third-order valence-corrected chi connectivity index (χ3v) is 2.98. The molecule has 6 nitrogen and oxygen atoms in total. The van der Waals surface area contributed by atoms with E-state index in [0.29, 0.717) is 5.56 Å². The number of rotatable bonds is 6. The number of benzene rings is 1. The molecule has 0 fully saturated rings. The zero-order chi connectivity index (χ0) is 15.8. The molecule has 0 spiro atoms. The van der Waals surface area contributed by atoms with Crippen molar-refractivity contribution in [3.63, 3.8) is 0 Å². The Kier molecular flexibility index (Phi) is 6.08. The fourth-order valence-corrected chi connectivity index (χ4v) is 1.86. The number of ketones is 1. The minimum Gasteiger partial charge on any atom is -0.468 e. The lowest BCUT2D eigenvalue weighted by atomic mass is 9.87. The summed E-state index contributed by atoms with van der Waals surface area (Å²) in [5, 5.41) is 9.16. The number of hydrogen-bond donors (Lipinski definition) is 0. The summed E-state index contributed by atoms with van der Waals surface area (Å²) in [7, 11) is 2.21. The van der Waals surface area contributed by atoms with Crippen LogP contribution in [-0.2, 0) is 19.1 Å². The van der Waals surface area contributed by atoms with E-state index >= 15 is 0 Å². The van der Waals surface area contributed by atoms with Gasteiger partial charge in [-0.25, -0.2) is 0 Å². The van der Waals surface area contributed by atoms with E-state index in [2.05, 4.69) is 9.47 Å². The molecule has 0 radical (unpaired) electrons. The molecule has 110 valence electrons. The molecule has 0 aromatic heterocycles. The maximum absolute atomic E-state index is 12.1. The molecule has 0 bridgehead atoms. The second kappa shape index (κ2) is 7.80. The molecule has 6 heteroatoms. The van der Waals surface area contributed by atoms with E-state index in [1.807, 2.05) is 6.07 Å². The number of esters is 2. The Balaban J connectivity index is 2.95. The summed E-state index contributed by atoms with van der Waals surface area (Å²) in [6, 6.07) is 10.1. The van der Waals surface area contributed by atoms with E-state index in [1.54, 1.807) is 30.3 Å². The lowest BCUT2D eigenvalue weighted by Crippen LogP contribution is -2.34. The molecule has 1 rings (SSSR count). The van der Waals surface area contributed by atoms with Crippen molar-refractivity contribution in [1.29, 1.82) is 5.26 Å². The van der Waals surface area contributed by atoms with Crippen molar-refractivity contribution < 1.29 is 23.9 Å². The van der Waals surface area contributed by atoms with Crippen LogP contribution in [0.2, 0.25) is 0 Å². The molecule has 0 N–H and O–H groups in total. The molecular formula is C15H15NO5. The number of hydrogen-bond acceptors (Lipinski definition) is 6. The second-order valence-electron chi connectivity index (χ2n) is 4.25. The number of carbonyl (C=O) groups excluding carboxylic acids is 3. The molecule has 1 unspecified atom stereocenters. The van der Waals surface area contributed by atoms with Gasteiger partial charge in [0.2, 0.25) is 0 Å². The highest BCUT2D eigenvalue weighted by Gasteiger charge is 2.38. The van der Waals surface area contributed by atoms with Gasteiger partial charge < -0.3 is 9.47 Å². The maximum Gasteiger partial charge on any atom is 0.321 e. The third-order valence-electron chi connectivity index (χ3n) is 2.98. The summed E-state index contributed by atoms with van der Waals surface area (Å²) in [6.45, 7) is 0.